The minimum absolute atomic E-state index is 0.158. The predicted octanol–water partition coefficient (Wildman–Crippen LogP) is 6.82. The molecule has 0 unspecified atom stereocenters. The number of aromatic nitrogens is 2. The van der Waals surface area contributed by atoms with Crippen LogP contribution in [0.1, 0.15) is 11.1 Å². The van der Waals surface area contributed by atoms with Crippen molar-refractivity contribution in [3.05, 3.63) is 89.9 Å². The van der Waals surface area contributed by atoms with Gasteiger partial charge in [-0.1, -0.05) is 42.0 Å². The van der Waals surface area contributed by atoms with Gasteiger partial charge in [0.15, 0.2) is 0 Å². The molecule has 10 heteroatoms. The summed E-state index contributed by atoms with van der Waals surface area (Å²) < 4.78 is 73.9. The van der Waals surface area contributed by atoms with E-state index in [0.29, 0.717) is 22.4 Å². The van der Waals surface area contributed by atoms with Crippen molar-refractivity contribution in [2.75, 3.05) is 5.32 Å². The molecule has 0 fully saturated rings. The maximum absolute atomic E-state index is 14.0. The number of nitrogens with zero attached hydrogens (tertiary/aromatic N) is 2. The highest BCUT2D eigenvalue weighted by atomic mass is 19.3. The number of carbonyl (C=O) groups excluding carboxylic acids is 1. The summed E-state index contributed by atoms with van der Waals surface area (Å²) in [6.45, 7) is 1.91. The van der Waals surface area contributed by atoms with Crippen molar-refractivity contribution >= 4 is 11.7 Å². The standard InChI is InChI=1S/C25H16F5N3O2/c1-14-5-7-15(8-6-14)22-19(16-3-2-4-17(26)11-16)13-33(32-22)23(34)31-18-9-10-21-20(12-18)24(27,28)25(29,30)35-21/h2-13H,1H3,(H,31,34). The summed E-state index contributed by atoms with van der Waals surface area (Å²) in [6, 6.07) is 15.0. The zero-order valence-electron chi connectivity index (χ0n) is 18.0. The number of hydrogen-bond donors (Lipinski definition) is 1. The van der Waals surface area contributed by atoms with Crippen LogP contribution < -0.4 is 10.1 Å². The van der Waals surface area contributed by atoms with E-state index in [4.69, 9.17) is 0 Å². The van der Waals surface area contributed by atoms with Gasteiger partial charge in [0.2, 0.25) is 0 Å². The molecule has 0 spiro atoms. The van der Waals surface area contributed by atoms with Crippen molar-refractivity contribution in [1.82, 2.24) is 9.78 Å². The zero-order valence-corrected chi connectivity index (χ0v) is 18.0. The molecule has 0 saturated carbocycles. The second-order valence-electron chi connectivity index (χ2n) is 8.05. The minimum atomic E-state index is -4.69. The summed E-state index contributed by atoms with van der Waals surface area (Å²) in [5, 5.41) is 6.70. The summed E-state index contributed by atoms with van der Waals surface area (Å²) in [6.07, 6.45) is -3.32. The Kier molecular flexibility index (Phi) is 5.12. The molecule has 0 radical (unpaired) electrons. The first-order chi connectivity index (χ1) is 16.5. The highest BCUT2D eigenvalue weighted by molar-refractivity contribution is 5.93. The first kappa shape index (κ1) is 22.6. The largest absolute Gasteiger partial charge is 0.469 e. The maximum Gasteiger partial charge on any atom is 0.469 e. The number of ether oxygens (including phenoxy) is 1. The number of amides is 1. The number of rotatable bonds is 3. The van der Waals surface area contributed by atoms with E-state index in [1.54, 1.807) is 18.2 Å². The summed E-state index contributed by atoms with van der Waals surface area (Å²) in [4.78, 5) is 12.9. The Morgan fingerprint density at radius 3 is 2.43 bits per heavy atom. The van der Waals surface area contributed by atoms with E-state index in [2.05, 4.69) is 15.2 Å². The molecule has 1 aromatic heterocycles. The van der Waals surface area contributed by atoms with Crippen molar-refractivity contribution < 1.29 is 31.5 Å². The molecule has 3 aromatic carbocycles. The van der Waals surface area contributed by atoms with E-state index >= 15 is 0 Å². The van der Waals surface area contributed by atoms with Crippen molar-refractivity contribution in [2.45, 2.75) is 19.0 Å². The van der Waals surface area contributed by atoms with Crippen LogP contribution in [0.3, 0.4) is 0 Å². The van der Waals surface area contributed by atoms with Crippen molar-refractivity contribution in [3.63, 3.8) is 0 Å². The van der Waals surface area contributed by atoms with E-state index in [1.165, 1.54) is 24.4 Å². The summed E-state index contributed by atoms with van der Waals surface area (Å²) in [5.74, 6) is -5.71. The second kappa shape index (κ2) is 7.93. The third-order valence-corrected chi connectivity index (χ3v) is 5.56. The normalized spacial score (nSPS) is 15.4. The van der Waals surface area contributed by atoms with Gasteiger partial charge in [0.1, 0.15) is 17.3 Å². The van der Waals surface area contributed by atoms with E-state index in [0.717, 1.165) is 28.4 Å². The van der Waals surface area contributed by atoms with Crippen LogP contribution in [0.25, 0.3) is 22.4 Å². The van der Waals surface area contributed by atoms with E-state index in [1.807, 2.05) is 19.1 Å². The van der Waals surface area contributed by atoms with Crippen LogP contribution in [0.2, 0.25) is 0 Å². The number of aryl methyl sites for hydroxylation is 1. The fourth-order valence-corrected chi connectivity index (χ4v) is 3.75. The van der Waals surface area contributed by atoms with Gasteiger partial charge >= 0.3 is 18.1 Å². The summed E-state index contributed by atoms with van der Waals surface area (Å²) >= 11 is 0. The Hall–Kier alpha value is -4.21. The monoisotopic (exact) mass is 485 g/mol. The Morgan fingerprint density at radius 1 is 0.971 bits per heavy atom. The van der Waals surface area contributed by atoms with Gasteiger partial charge in [0, 0.05) is 23.0 Å². The molecule has 1 amide bonds. The van der Waals surface area contributed by atoms with Crippen LogP contribution in [0.4, 0.5) is 32.4 Å². The molecule has 1 aliphatic heterocycles. The topological polar surface area (TPSA) is 56.2 Å². The highest BCUT2D eigenvalue weighted by Crippen LogP contribution is 2.53. The van der Waals surface area contributed by atoms with Gasteiger partial charge in [-0.05, 0) is 42.8 Å². The molecule has 1 N–H and O–H groups in total. The van der Waals surface area contributed by atoms with Crippen LogP contribution in [0, 0.1) is 12.7 Å². The zero-order chi connectivity index (χ0) is 25.0. The Bertz CT molecular complexity index is 1450. The molecule has 0 bridgehead atoms. The fourth-order valence-electron chi connectivity index (χ4n) is 3.75. The number of carbonyl (C=O) groups is 1. The molecule has 1 aliphatic rings. The third-order valence-electron chi connectivity index (χ3n) is 5.56. The molecule has 4 aromatic rings. The number of fused-ring (bicyclic) bond motifs is 1. The average Bonchev–Trinajstić information content (AvgIpc) is 3.32. The first-order valence-corrected chi connectivity index (χ1v) is 10.4. The lowest BCUT2D eigenvalue weighted by Crippen LogP contribution is -2.37. The number of anilines is 1. The lowest BCUT2D eigenvalue weighted by Gasteiger charge is -2.16. The van der Waals surface area contributed by atoms with Crippen LogP contribution in [0.15, 0.2) is 72.9 Å². The van der Waals surface area contributed by atoms with Crippen LogP contribution in [0.5, 0.6) is 5.75 Å². The Balaban J connectivity index is 1.51. The molecule has 5 nitrogen and oxygen atoms in total. The van der Waals surface area contributed by atoms with Gasteiger partial charge in [-0.3, -0.25) is 0 Å². The Morgan fingerprint density at radius 2 is 1.71 bits per heavy atom. The van der Waals surface area contributed by atoms with Gasteiger partial charge in [-0.2, -0.15) is 27.3 Å². The van der Waals surface area contributed by atoms with Gasteiger partial charge in [0.05, 0.1) is 5.56 Å². The number of nitrogens with one attached hydrogen (secondary N) is 1. The first-order valence-electron chi connectivity index (χ1n) is 10.4. The minimum Gasteiger partial charge on any atom is -0.427 e. The molecule has 0 atom stereocenters. The molecule has 5 rings (SSSR count). The van der Waals surface area contributed by atoms with Gasteiger partial charge in [-0.25, -0.2) is 9.18 Å². The molecule has 35 heavy (non-hydrogen) atoms. The number of halogens is 5. The number of benzene rings is 3. The average molecular weight is 485 g/mol. The molecule has 2 heterocycles. The maximum atomic E-state index is 14.0. The molecule has 0 aliphatic carbocycles. The summed E-state index contributed by atoms with van der Waals surface area (Å²) in [5.41, 5.74) is 1.78. The summed E-state index contributed by atoms with van der Waals surface area (Å²) in [7, 11) is 0. The number of hydrogen-bond acceptors (Lipinski definition) is 3. The van der Waals surface area contributed by atoms with Crippen LogP contribution in [-0.4, -0.2) is 21.9 Å². The fraction of sp³-hybridized carbons (Fsp3) is 0.120. The molecule has 178 valence electrons. The van der Waals surface area contributed by atoms with E-state index in [-0.39, 0.29) is 5.69 Å². The third kappa shape index (κ3) is 3.90. The van der Waals surface area contributed by atoms with Crippen molar-refractivity contribution in [2.24, 2.45) is 0 Å². The smallest absolute Gasteiger partial charge is 0.427 e. The highest BCUT2D eigenvalue weighted by Gasteiger charge is 2.66. The molecule has 0 saturated heterocycles. The van der Waals surface area contributed by atoms with Gasteiger partial charge in [0.25, 0.3) is 0 Å². The van der Waals surface area contributed by atoms with Gasteiger partial charge < -0.3 is 10.1 Å². The van der Waals surface area contributed by atoms with Crippen molar-refractivity contribution in [1.29, 1.82) is 0 Å². The van der Waals surface area contributed by atoms with Gasteiger partial charge in [-0.15, -0.1) is 0 Å². The number of alkyl halides is 4. The van der Waals surface area contributed by atoms with Crippen LogP contribution in [-0.2, 0) is 5.92 Å². The van der Waals surface area contributed by atoms with Crippen molar-refractivity contribution in [3.8, 4) is 28.1 Å². The van der Waals surface area contributed by atoms with Crippen LogP contribution >= 0.6 is 0 Å². The van der Waals surface area contributed by atoms with E-state index in [9.17, 15) is 26.7 Å². The molecular weight excluding hydrogens is 469 g/mol. The lowest BCUT2D eigenvalue weighted by molar-refractivity contribution is -0.296. The molecular formula is C25H16F5N3O2. The predicted molar refractivity (Wildman–Crippen MR) is 118 cm³/mol. The quantitative estimate of drug-likeness (QED) is 0.324. The SMILES string of the molecule is Cc1ccc(-c2nn(C(=O)Nc3ccc4c(c3)C(F)(F)C(F)(F)O4)cc2-c2cccc(F)c2)cc1. The lowest BCUT2D eigenvalue weighted by atomic mass is 10.0. The second-order valence-corrected chi connectivity index (χ2v) is 8.05. The Labute approximate surface area is 195 Å². The van der Waals surface area contributed by atoms with E-state index < -0.39 is 35.2 Å².